The summed E-state index contributed by atoms with van der Waals surface area (Å²) in [6.45, 7) is 4.01. The Bertz CT molecular complexity index is 436. The average Bonchev–Trinajstić information content (AvgIpc) is 2.81. The predicted molar refractivity (Wildman–Crippen MR) is 72.7 cm³/mol. The maximum absolute atomic E-state index is 4.03. The fourth-order valence-corrected chi connectivity index (χ4v) is 1.93. The van der Waals surface area contributed by atoms with E-state index >= 15 is 0 Å². The molecule has 0 fully saturated rings. The van der Waals surface area contributed by atoms with Gasteiger partial charge in [-0.3, -0.25) is 0 Å². The molecule has 1 heterocycles. The Hall–Kier alpha value is -1.13. The van der Waals surface area contributed by atoms with Crippen LogP contribution in [0.1, 0.15) is 12.5 Å². The summed E-state index contributed by atoms with van der Waals surface area (Å²) in [4.78, 5) is 4.03. The van der Waals surface area contributed by atoms with E-state index in [2.05, 4.69) is 62.0 Å². The van der Waals surface area contributed by atoms with E-state index in [9.17, 15) is 0 Å². The minimum absolute atomic E-state index is 0.424. The van der Waals surface area contributed by atoms with E-state index in [1.54, 1.807) is 6.20 Å². The Kier molecular flexibility index (Phi) is 4.34. The molecule has 0 aliphatic carbocycles. The zero-order valence-electron chi connectivity index (χ0n) is 9.81. The molecule has 0 bridgehead atoms. The molecule has 2 aromatic rings. The minimum atomic E-state index is 0.424. The zero-order chi connectivity index (χ0) is 12.1. The van der Waals surface area contributed by atoms with Gasteiger partial charge in [-0.1, -0.05) is 28.1 Å². The first-order valence-electron chi connectivity index (χ1n) is 5.67. The van der Waals surface area contributed by atoms with E-state index in [0.717, 1.165) is 17.6 Å². The molecule has 4 heteroatoms. The van der Waals surface area contributed by atoms with Gasteiger partial charge in [0, 0.05) is 36.0 Å². The molecule has 1 aromatic heterocycles. The maximum atomic E-state index is 4.03. The number of halogens is 1. The SMILES string of the molecule is CC(Cn1ccnc1)NCc1ccc(Br)cc1. The third kappa shape index (κ3) is 3.98. The fourth-order valence-electron chi connectivity index (χ4n) is 1.67. The van der Waals surface area contributed by atoms with Gasteiger partial charge in [0.05, 0.1) is 6.33 Å². The van der Waals surface area contributed by atoms with Crippen LogP contribution in [-0.2, 0) is 13.1 Å². The average molecular weight is 294 g/mol. The molecular weight excluding hydrogens is 278 g/mol. The summed E-state index contributed by atoms with van der Waals surface area (Å²) < 4.78 is 3.20. The lowest BCUT2D eigenvalue weighted by atomic mass is 10.2. The summed E-state index contributed by atoms with van der Waals surface area (Å²) in [5.41, 5.74) is 1.30. The number of rotatable bonds is 5. The van der Waals surface area contributed by atoms with Gasteiger partial charge in [0.25, 0.3) is 0 Å². The lowest BCUT2D eigenvalue weighted by molar-refractivity contribution is 0.476. The van der Waals surface area contributed by atoms with Crippen molar-refractivity contribution in [2.75, 3.05) is 0 Å². The second-order valence-corrected chi connectivity index (χ2v) is 5.08. The van der Waals surface area contributed by atoms with Crippen molar-refractivity contribution >= 4 is 15.9 Å². The van der Waals surface area contributed by atoms with E-state index in [1.807, 2.05) is 12.5 Å². The molecule has 1 aromatic carbocycles. The summed E-state index contributed by atoms with van der Waals surface area (Å²) in [5.74, 6) is 0. The molecule has 0 spiro atoms. The van der Waals surface area contributed by atoms with Crippen molar-refractivity contribution < 1.29 is 0 Å². The smallest absolute Gasteiger partial charge is 0.0946 e. The molecule has 0 aliphatic rings. The van der Waals surface area contributed by atoms with Crippen LogP contribution in [0.4, 0.5) is 0 Å². The third-order valence-corrected chi connectivity index (χ3v) is 3.14. The highest BCUT2D eigenvalue weighted by Crippen LogP contribution is 2.10. The summed E-state index contributed by atoms with van der Waals surface area (Å²) in [7, 11) is 0. The minimum Gasteiger partial charge on any atom is -0.336 e. The van der Waals surface area contributed by atoms with E-state index in [1.165, 1.54) is 5.56 Å². The Morgan fingerprint density at radius 2 is 2.12 bits per heavy atom. The highest BCUT2D eigenvalue weighted by Gasteiger charge is 2.02. The van der Waals surface area contributed by atoms with Gasteiger partial charge in [0.1, 0.15) is 0 Å². The van der Waals surface area contributed by atoms with Crippen LogP contribution in [0.25, 0.3) is 0 Å². The zero-order valence-corrected chi connectivity index (χ0v) is 11.4. The Balaban J connectivity index is 1.79. The number of hydrogen-bond donors (Lipinski definition) is 1. The summed E-state index contributed by atoms with van der Waals surface area (Å²) in [6.07, 6.45) is 5.64. The molecule has 90 valence electrons. The first-order valence-corrected chi connectivity index (χ1v) is 6.47. The largest absolute Gasteiger partial charge is 0.336 e. The summed E-state index contributed by atoms with van der Waals surface area (Å²) >= 11 is 3.43. The second-order valence-electron chi connectivity index (χ2n) is 4.17. The molecule has 0 saturated heterocycles. The second kappa shape index (κ2) is 5.98. The standard InChI is InChI=1S/C13H16BrN3/c1-11(9-17-7-6-15-10-17)16-8-12-2-4-13(14)5-3-12/h2-7,10-11,16H,8-9H2,1H3. The molecule has 1 unspecified atom stereocenters. The van der Waals surface area contributed by atoms with Gasteiger partial charge in [-0.25, -0.2) is 4.98 Å². The van der Waals surface area contributed by atoms with Gasteiger partial charge in [-0.15, -0.1) is 0 Å². The van der Waals surface area contributed by atoms with Gasteiger partial charge in [-0.05, 0) is 24.6 Å². The Morgan fingerprint density at radius 1 is 1.35 bits per heavy atom. The van der Waals surface area contributed by atoms with Crippen LogP contribution >= 0.6 is 15.9 Å². The van der Waals surface area contributed by atoms with E-state index in [0.29, 0.717) is 6.04 Å². The molecule has 0 amide bonds. The summed E-state index contributed by atoms with van der Waals surface area (Å²) in [5, 5.41) is 3.49. The van der Waals surface area contributed by atoms with Crippen LogP contribution in [0.15, 0.2) is 47.5 Å². The quantitative estimate of drug-likeness (QED) is 0.919. The molecule has 17 heavy (non-hydrogen) atoms. The molecule has 2 rings (SSSR count). The molecule has 0 radical (unpaired) electrons. The number of hydrogen-bond acceptors (Lipinski definition) is 2. The van der Waals surface area contributed by atoms with Crippen LogP contribution in [-0.4, -0.2) is 15.6 Å². The molecule has 1 N–H and O–H groups in total. The number of nitrogens with zero attached hydrogens (tertiary/aromatic N) is 2. The molecule has 1 atom stereocenters. The first kappa shape index (κ1) is 12.3. The topological polar surface area (TPSA) is 29.9 Å². The van der Waals surface area contributed by atoms with Gasteiger partial charge in [0.15, 0.2) is 0 Å². The first-order chi connectivity index (χ1) is 8.24. The van der Waals surface area contributed by atoms with Crippen LogP contribution in [0.3, 0.4) is 0 Å². The highest BCUT2D eigenvalue weighted by atomic mass is 79.9. The van der Waals surface area contributed by atoms with Crippen LogP contribution in [0.2, 0.25) is 0 Å². The molecular formula is C13H16BrN3. The van der Waals surface area contributed by atoms with Crippen molar-refractivity contribution in [3.8, 4) is 0 Å². The molecule has 0 saturated carbocycles. The van der Waals surface area contributed by atoms with Crippen LogP contribution in [0.5, 0.6) is 0 Å². The lowest BCUT2D eigenvalue weighted by Gasteiger charge is -2.14. The lowest BCUT2D eigenvalue weighted by Crippen LogP contribution is -2.29. The number of nitrogens with one attached hydrogen (secondary N) is 1. The van der Waals surface area contributed by atoms with Gasteiger partial charge >= 0.3 is 0 Å². The number of imidazole rings is 1. The third-order valence-electron chi connectivity index (χ3n) is 2.61. The number of aromatic nitrogens is 2. The van der Waals surface area contributed by atoms with Gasteiger partial charge < -0.3 is 9.88 Å². The van der Waals surface area contributed by atoms with Crippen molar-refractivity contribution in [1.29, 1.82) is 0 Å². The molecule has 0 aliphatic heterocycles. The maximum Gasteiger partial charge on any atom is 0.0946 e. The Morgan fingerprint density at radius 3 is 2.76 bits per heavy atom. The number of benzene rings is 1. The van der Waals surface area contributed by atoms with Crippen molar-refractivity contribution in [2.24, 2.45) is 0 Å². The van der Waals surface area contributed by atoms with Gasteiger partial charge in [0.2, 0.25) is 0 Å². The summed E-state index contributed by atoms with van der Waals surface area (Å²) in [6, 6.07) is 8.81. The van der Waals surface area contributed by atoms with Gasteiger partial charge in [-0.2, -0.15) is 0 Å². The van der Waals surface area contributed by atoms with Crippen molar-refractivity contribution in [3.63, 3.8) is 0 Å². The van der Waals surface area contributed by atoms with Crippen LogP contribution < -0.4 is 5.32 Å². The highest BCUT2D eigenvalue weighted by molar-refractivity contribution is 9.10. The van der Waals surface area contributed by atoms with E-state index in [-0.39, 0.29) is 0 Å². The fraction of sp³-hybridized carbons (Fsp3) is 0.308. The van der Waals surface area contributed by atoms with E-state index < -0.39 is 0 Å². The van der Waals surface area contributed by atoms with Crippen molar-refractivity contribution in [3.05, 3.63) is 53.0 Å². The normalized spacial score (nSPS) is 12.6. The van der Waals surface area contributed by atoms with Crippen molar-refractivity contribution in [1.82, 2.24) is 14.9 Å². The Labute approximate surface area is 110 Å². The molecule has 3 nitrogen and oxygen atoms in total. The van der Waals surface area contributed by atoms with E-state index in [4.69, 9.17) is 0 Å². The monoisotopic (exact) mass is 293 g/mol. The van der Waals surface area contributed by atoms with Crippen molar-refractivity contribution in [2.45, 2.75) is 26.1 Å². The predicted octanol–water partition coefficient (Wildman–Crippen LogP) is 2.82. The van der Waals surface area contributed by atoms with Crippen LogP contribution in [0, 0.1) is 0 Å².